The third kappa shape index (κ3) is 9.22. The van der Waals surface area contributed by atoms with Gasteiger partial charge in [0.1, 0.15) is 0 Å². The Morgan fingerprint density at radius 3 is 1.00 bits per heavy atom. The van der Waals surface area contributed by atoms with Crippen LogP contribution in [0.1, 0.15) is 0 Å². The molecule has 0 aliphatic heterocycles. The first-order valence-electron chi connectivity index (χ1n) is 0. The Balaban J connectivity index is 0. The van der Waals surface area contributed by atoms with E-state index < -0.39 is 0 Å². The van der Waals surface area contributed by atoms with Crippen LogP contribution in [-0.2, 0) is 17.1 Å². The van der Waals surface area contributed by atoms with Gasteiger partial charge < -0.3 is 5.48 Å². The van der Waals surface area contributed by atoms with Crippen molar-refractivity contribution in [1.29, 1.82) is 0 Å². The Bertz CT molecular complexity index is 8.00. The minimum Gasteiger partial charge on any atom is -0.412 e. The van der Waals surface area contributed by atoms with E-state index in [2.05, 4.69) is 0 Å². The molecule has 0 heterocycles. The normalized spacial score (nSPS) is 0. The molecular formula is H4AlFeMgO. The van der Waals surface area contributed by atoms with Crippen LogP contribution < -0.4 is 0 Å². The molecule has 0 aliphatic carbocycles. The standard InChI is InChI=1S/Al.Fe.Mg.H2O.2H/h;;;1H2;;. The zero-order valence-electron chi connectivity index (χ0n) is 1.43. The van der Waals surface area contributed by atoms with Crippen molar-refractivity contribution >= 4 is 40.4 Å². The molecule has 1 nitrogen and oxygen atoms in total. The molecule has 0 aromatic carbocycles. The first-order chi connectivity index (χ1) is 0. The van der Waals surface area contributed by atoms with E-state index in [0.717, 1.165) is 0 Å². The maximum atomic E-state index is 0. The van der Waals surface area contributed by atoms with Crippen LogP contribution in [0.2, 0.25) is 0 Å². The summed E-state index contributed by atoms with van der Waals surface area (Å²) < 4.78 is 0. The molecule has 0 atom stereocenters. The van der Waals surface area contributed by atoms with Crippen LogP contribution in [0.25, 0.3) is 0 Å². The van der Waals surface area contributed by atoms with Crippen LogP contribution in [0.3, 0.4) is 0 Å². The van der Waals surface area contributed by atoms with Gasteiger partial charge in [-0.1, -0.05) is 0 Å². The van der Waals surface area contributed by atoms with Gasteiger partial charge in [-0.2, -0.15) is 0 Å². The van der Waals surface area contributed by atoms with Crippen molar-refractivity contribution in [2.45, 2.75) is 0 Å². The van der Waals surface area contributed by atoms with Crippen molar-refractivity contribution in [1.82, 2.24) is 0 Å². The Morgan fingerprint density at radius 2 is 1.00 bits per heavy atom. The number of hydrogen-bond acceptors (Lipinski definition) is 0. The third-order valence-corrected chi connectivity index (χ3v) is 0. The summed E-state index contributed by atoms with van der Waals surface area (Å²) in [4.78, 5) is 0. The van der Waals surface area contributed by atoms with Crippen LogP contribution in [0, 0.1) is 0 Å². The second-order valence-electron chi connectivity index (χ2n) is 0. The fourth-order valence-corrected chi connectivity index (χ4v) is 0. The Kier molecular flexibility index (Phi) is 225. The van der Waals surface area contributed by atoms with Gasteiger partial charge in [0.05, 0.1) is 0 Å². The van der Waals surface area contributed by atoms with Gasteiger partial charge >= 0.3 is 23.1 Å². The summed E-state index contributed by atoms with van der Waals surface area (Å²) in [5.74, 6) is 0. The largest absolute Gasteiger partial charge is 0.412 e. The van der Waals surface area contributed by atoms with Crippen molar-refractivity contribution in [3.05, 3.63) is 0 Å². The van der Waals surface area contributed by atoms with E-state index in [1.165, 1.54) is 0 Å². The molecule has 4 heavy (non-hydrogen) atoms. The van der Waals surface area contributed by atoms with Crippen molar-refractivity contribution < 1.29 is 22.5 Å². The van der Waals surface area contributed by atoms with E-state index in [4.69, 9.17) is 0 Å². The molecule has 0 saturated carbocycles. The molecular weight excluding hydrogens is 123 g/mol. The fraction of sp³-hybridized carbons (Fsp3) is 0. The summed E-state index contributed by atoms with van der Waals surface area (Å²) in [5.41, 5.74) is 0. The molecule has 3 radical (unpaired) electrons. The summed E-state index contributed by atoms with van der Waals surface area (Å²) in [7, 11) is 0. The molecule has 0 aromatic heterocycles. The predicted molar refractivity (Wildman–Crippen MR) is 17.9 cm³/mol. The minimum absolute atomic E-state index is 0. The van der Waals surface area contributed by atoms with E-state index >= 15 is 0 Å². The van der Waals surface area contributed by atoms with Crippen molar-refractivity contribution in [3.63, 3.8) is 0 Å². The average molecular weight is 127 g/mol. The second-order valence-corrected chi connectivity index (χ2v) is 0. The maximum absolute atomic E-state index is 0. The van der Waals surface area contributed by atoms with Crippen LogP contribution in [0.15, 0.2) is 0 Å². The number of rotatable bonds is 0. The molecule has 2 N–H and O–H groups in total. The zero-order valence-corrected chi connectivity index (χ0v) is 3.69. The maximum Gasteiger partial charge on any atom is 0.316 e. The van der Waals surface area contributed by atoms with E-state index in [1.807, 2.05) is 0 Å². The second kappa shape index (κ2) is 21.6. The van der Waals surface area contributed by atoms with Crippen molar-refractivity contribution in [3.8, 4) is 0 Å². The van der Waals surface area contributed by atoms with Crippen molar-refractivity contribution in [2.24, 2.45) is 0 Å². The minimum atomic E-state index is 0. The Morgan fingerprint density at radius 1 is 1.00 bits per heavy atom. The first-order valence-corrected chi connectivity index (χ1v) is 0. The molecule has 0 saturated heterocycles. The van der Waals surface area contributed by atoms with Gasteiger partial charge in [0.15, 0.2) is 0 Å². The summed E-state index contributed by atoms with van der Waals surface area (Å²) in [6, 6.07) is 0. The van der Waals surface area contributed by atoms with Crippen LogP contribution in [0.4, 0.5) is 0 Å². The van der Waals surface area contributed by atoms with Crippen LogP contribution in [-0.4, -0.2) is 45.9 Å². The number of hydrogen-bond donors (Lipinski definition) is 0. The van der Waals surface area contributed by atoms with Crippen LogP contribution >= 0.6 is 0 Å². The summed E-state index contributed by atoms with van der Waals surface area (Å²) in [6.07, 6.45) is 0. The average Bonchev–Trinajstić information content (AvgIpc) is 0. The molecule has 0 bridgehead atoms. The van der Waals surface area contributed by atoms with Gasteiger partial charge in [-0.15, -0.1) is 0 Å². The zero-order chi connectivity index (χ0) is 0. The van der Waals surface area contributed by atoms with E-state index in [0.29, 0.717) is 0 Å². The topological polar surface area (TPSA) is 31.5 Å². The van der Waals surface area contributed by atoms with Gasteiger partial charge in [-0.25, -0.2) is 0 Å². The monoisotopic (exact) mass is 127 g/mol. The van der Waals surface area contributed by atoms with Gasteiger partial charge in [-0.3, -0.25) is 0 Å². The molecule has 4 heteroatoms. The summed E-state index contributed by atoms with van der Waals surface area (Å²) in [5, 5.41) is 0. The summed E-state index contributed by atoms with van der Waals surface area (Å²) >= 11 is 0. The Labute approximate surface area is 62.6 Å². The first kappa shape index (κ1) is 41.7. The SMILES string of the molecule is O.[Al].[Fe].[MgH2]. The molecule has 0 rings (SSSR count). The van der Waals surface area contributed by atoms with Gasteiger partial charge in [-0.05, 0) is 0 Å². The van der Waals surface area contributed by atoms with E-state index in [1.54, 1.807) is 0 Å². The Hall–Kier alpha value is 1.78. The van der Waals surface area contributed by atoms with Gasteiger partial charge in [0.2, 0.25) is 0 Å². The molecule has 23 valence electrons. The molecule has 0 spiro atoms. The molecule has 0 unspecified atom stereocenters. The fourth-order valence-electron chi connectivity index (χ4n) is 0. The molecule has 0 aromatic rings. The predicted octanol–water partition coefficient (Wildman–Crippen LogP) is -2.12. The molecule has 0 fully saturated rings. The van der Waals surface area contributed by atoms with E-state index in [-0.39, 0.29) is 63.0 Å². The van der Waals surface area contributed by atoms with Gasteiger partial charge in [0, 0.05) is 34.4 Å². The third-order valence-electron chi connectivity index (χ3n) is 0. The van der Waals surface area contributed by atoms with Crippen molar-refractivity contribution in [2.75, 3.05) is 0 Å². The molecule has 0 amide bonds. The smallest absolute Gasteiger partial charge is 0.316 e. The molecule has 0 aliphatic rings. The van der Waals surface area contributed by atoms with E-state index in [9.17, 15) is 0 Å². The van der Waals surface area contributed by atoms with Crippen LogP contribution in [0.5, 0.6) is 0 Å². The summed E-state index contributed by atoms with van der Waals surface area (Å²) in [6.45, 7) is 0. The van der Waals surface area contributed by atoms with Gasteiger partial charge in [0.25, 0.3) is 0 Å². The quantitative estimate of drug-likeness (QED) is 0.333.